The first-order valence-corrected chi connectivity index (χ1v) is 12.0. The molecule has 2 aromatic rings. The number of aromatic nitrogens is 2. The Morgan fingerprint density at radius 2 is 1.96 bits per heavy atom. The minimum Gasteiger partial charge on any atom is -0.356 e. The molecule has 0 aliphatic heterocycles. The van der Waals surface area contributed by atoms with Gasteiger partial charge in [-0.05, 0) is 68.9 Å². The molecule has 4 aliphatic rings. The van der Waals surface area contributed by atoms with E-state index < -0.39 is 0 Å². The van der Waals surface area contributed by atoms with Crippen LogP contribution in [0, 0.1) is 17.3 Å². The van der Waals surface area contributed by atoms with Crippen LogP contribution < -0.4 is 5.32 Å². The van der Waals surface area contributed by atoms with Gasteiger partial charge >= 0.3 is 0 Å². The van der Waals surface area contributed by atoms with Gasteiger partial charge in [0.2, 0.25) is 5.91 Å². The van der Waals surface area contributed by atoms with Crippen molar-refractivity contribution in [2.45, 2.75) is 55.7 Å². The van der Waals surface area contributed by atoms with Gasteiger partial charge in [0.25, 0.3) is 0 Å². The molecule has 4 saturated carbocycles. The third-order valence-electron chi connectivity index (χ3n) is 6.85. The molecule has 4 aliphatic carbocycles. The largest absolute Gasteiger partial charge is 0.356 e. The summed E-state index contributed by atoms with van der Waals surface area (Å²) in [5.41, 5.74) is 2.02. The quantitative estimate of drug-likeness (QED) is 0.488. The van der Waals surface area contributed by atoms with E-state index in [-0.39, 0.29) is 9.74 Å². The minimum atomic E-state index is -0.108. The molecule has 1 amide bonds. The Morgan fingerprint density at radius 1 is 1.21 bits per heavy atom. The zero-order chi connectivity index (χ0) is 19.2. The lowest BCUT2D eigenvalue weighted by Crippen LogP contribution is -2.58. The van der Waals surface area contributed by atoms with Gasteiger partial charge in [-0.3, -0.25) is 9.78 Å². The number of nitrogens with one attached hydrogen (secondary N) is 1. The molecule has 4 bridgehead atoms. The molecule has 6 rings (SSSR count). The molecule has 148 valence electrons. The fourth-order valence-electron chi connectivity index (χ4n) is 6.13. The number of aryl methyl sites for hydroxylation is 1. The fraction of sp³-hybridized carbons (Fsp3) is 0.591. The summed E-state index contributed by atoms with van der Waals surface area (Å²) in [6.07, 6.45) is 12.6. The molecule has 0 aromatic carbocycles. The second kappa shape index (κ2) is 7.21. The zero-order valence-electron chi connectivity index (χ0n) is 16.0. The first-order chi connectivity index (χ1) is 13.5. The van der Waals surface area contributed by atoms with E-state index in [1.165, 1.54) is 19.3 Å². The highest BCUT2D eigenvalue weighted by molar-refractivity contribution is 9.10. The van der Waals surface area contributed by atoms with Crippen molar-refractivity contribution < 1.29 is 4.79 Å². The van der Waals surface area contributed by atoms with E-state index in [4.69, 9.17) is 4.98 Å². The summed E-state index contributed by atoms with van der Waals surface area (Å²) in [4.78, 5) is 21.9. The smallest absolute Gasteiger partial charge is 0.226 e. The van der Waals surface area contributed by atoms with Crippen LogP contribution in [-0.2, 0) is 11.2 Å². The number of thiazole rings is 1. The van der Waals surface area contributed by atoms with Crippen LogP contribution in [0.4, 0.5) is 0 Å². The minimum absolute atomic E-state index is 0.108. The molecule has 0 spiro atoms. The molecule has 0 radical (unpaired) electrons. The molecule has 6 heteroatoms. The number of hydrogen-bond acceptors (Lipinski definition) is 4. The Bertz CT molecular complexity index is 854. The molecule has 4 nitrogen and oxygen atoms in total. The highest BCUT2D eigenvalue weighted by Crippen LogP contribution is 2.64. The molecular weight excluding hydrogens is 434 g/mol. The highest BCUT2D eigenvalue weighted by Gasteiger charge is 2.59. The van der Waals surface area contributed by atoms with Crippen molar-refractivity contribution in [1.82, 2.24) is 15.3 Å². The average molecular weight is 460 g/mol. The van der Waals surface area contributed by atoms with Gasteiger partial charge in [0, 0.05) is 40.6 Å². The average Bonchev–Trinajstić information content (AvgIpc) is 3.13. The molecule has 1 N–H and O–H groups in total. The Labute approximate surface area is 178 Å². The van der Waals surface area contributed by atoms with Crippen molar-refractivity contribution in [1.29, 1.82) is 0 Å². The van der Waals surface area contributed by atoms with Gasteiger partial charge in [0.1, 0.15) is 0 Å². The van der Waals surface area contributed by atoms with E-state index in [9.17, 15) is 4.79 Å². The van der Waals surface area contributed by atoms with Crippen LogP contribution in [0.1, 0.15) is 50.0 Å². The molecule has 2 unspecified atom stereocenters. The van der Waals surface area contributed by atoms with Crippen molar-refractivity contribution in [3.05, 3.63) is 34.9 Å². The van der Waals surface area contributed by atoms with E-state index in [0.29, 0.717) is 5.91 Å². The van der Waals surface area contributed by atoms with Gasteiger partial charge in [-0.15, -0.1) is 11.3 Å². The van der Waals surface area contributed by atoms with Crippen molar-refractivity contribution in [2.24, 2.45) is 17.3 Å². The van der Waals surface area contributed by atoms with E-state index in [0.717, 1.165) is 66.7 Å². The van der Waals surface area contributed by atoms with Crippen LogP contribution in [0.2, 0.25) is 0 Å². The van der Waals surface area contributed by atoms with Gasteiger partial charge < -0.3 is 5.32 Å². The molecule has 2 atom stereocenters. The van der Waals surface area contributed by atoms with Crippen LogP contribution in [0.25, 0.3) is 11.3 Å². The first kappa shape index (κ1) is 18.7. The lowest BCUT2D eigenvalue weighted by molar-refractivity contribution is -0.144. The monoisotopic (exact) mass is 459 g/mol. The van der Waals surface area contributed by atoms with E-state index in [1.54, 1.807) is 23.7 Å². The Hall–Kier alpha value is -1.27. The van der Waals surface area contributed by atoms with Crippen LogP contribution >= 0.6 is 27.3 Å². The molecule has 2 aromatic heterocycles. The lowest BCUT2D eigenvalue weighted by Gasteiger charge is -2.59. The summed E-state index contributed by atoms with van der Waals surface area (Å²) in [6.45, 7) is 0.745. The molecular formula is C22H26BrN3OS. The summed E-state index contributed by atoms with van der Waals surface area (Å²) in [5, 5.41) is 6.51. The van der Waals surface area contributed by atoms with E-state index in [2.05, 4.69) is 31.6 Å². The van der Waals surface area contributed by atoms with Crippen molar-refractivity contribution in [3.8, 4) is 11.3 Å². The number of carbonyl (C=O) groups excluding carboxylic acids is 1. The number of carbonyl (C=O) groups is 1. The maximum absolute atomic E-state index is 13.1. The second-order valence-electron chi connectivity index (χ2n) is 9.11. The fourth-order valence-corrected chi connectivity index (χ4v) is 8.43. The zero-order valence-corrected chi connectivity index (χ0v) is 18.4. The number of rotatable bonds is 6. The predicted molar refractivity (Wildman–Crippen MR) is 115 cm³/mol. The van der Waals surface area contributed by atoms with Gasteiger partial charge in [-0.2, -0.15) is 0 Å². The van der Waals surface area contributed by atoms with Crippen molar-refractivity contribution in [3.63, 3.8) is 0 Å². The number of alkyl halides is 1. The number of nitrogens with zero attached hydrogens (tertiary/aromatic N) is 2. The summed E-state index contributed by atoms with van der Waals surface area (Å²) in [7, 11) is 0. The maximum Gasteiger partial charge on any atom is 0.226 e. The molecule has 0 saturated heterocycles. The van der Waals surface area contributed by atoms with E-state index >= 15 is 0 Å². The van der Waals surface area contributed by atoms with Crippen molar-refractivity contribution >= 4 is 33.2 Å². The number of hydrogen-bond donors (Lipinski definition) is 1. The maximum atomic E-state index is 13.1. The summed E-state index contributed by atoms with van der Waals surface area (Å²) >= 11 is 5.70. The van der Waals surface area contributed by atoms with E-state index in [1.807, 2.05) is 12.1 Å². The van der Waals surface area contributed by atoms with Crippen LogP contribution in [-0.4, -0.2) is 26.7 Å². The predicted octanol–water partition coefficient (Wildman–Crippen LogP) is 4.99. The topological polar surface area (TPSA) is 54.9 Å². The van der Waals surface area contributed by atoms with Crippen LogP contribution in [0.3, 0.4) is 0 Å². The highest BCUT2D eigenvalue weighted by atomic mass is 79.9. The van der Waals surface area contributed by atoms with Gasteiger partial charge in [-0.25, -0.2) is 4.98 Å². The Morgan fingerprint density at radius 3 is 2.68 bits per heavy atom. The number of halogens is 1. The van der Waals surface area contributed by atoms with Crippen LogP contribution in [0.15, 0.2) is 29.9 Å². The summed E-state index contributed by atoms with van der Waals surface area (Å²) < 4.78 is 0.235. The normalized spacial score (nSPS) is 33.2. The summed E-state index contributed by atoms with van der Waals surface area (Å²) in [6, 6.07) is 3.97. The number of pyridine rings is 1. The second-order valence-corrected chi connectivity index (χ2v) is 11.7. The van der Waals surface area contributed by atoms with Crippen molar-refractivity contribution in [2.75, 3.05) is 6.54 Å². The molecule has 2 heterocycles. The van der Waals surface area contributed by atoms with Gasteiger partial charge in [0.05, 0.1) is 16.1 Å². The summed E-state index contributed by atoms with van der Waals surface area (Å²) in [5.74, 6) is 1.80. The SMILES string of the molecule is O=C(NCCCc1nc(-c2ccncc2)cs1)C12CC3CC(CC(Br)(C3)C1)C2. The first-order valence-electron chi connectivity index (χ1n) is 10.4. The molecule has 28 heavy (non-hydrogen) atoms. The lowest BCUT2D eigenvalue weighted by atomic mass is 9.49. The van der Waals surface area contributed by atoms with Gasteiger partial charge in [-0.1, -0.05) is 15.9 Å². The third kappa shape index (κ3) is 3.54. The third-order valence-corrected chi connectivity index (χ3v) is 8.69. The van der Waals surface area contributed by atoms with Crippen LogP contribution in [0.5, 0.6) is 0 Å². The standard InChI is InChI=1S/C22H26BrN3OS/c23-22-11-15-8-16(12-22)10-21(9-15,14-22)20(27)25-5-1-2-19-26-18(13-28-19)17-3-6-24-7-4-17/h3-4,6-7,13,15-16H,1-2,5,8-12,14H2,(H,25,27). The Balaban J connectivity index is 1.14. The molecule has 4 fully saturated rings. The van der Waals surface area contributed by atoms with Gasteiger partial charge in [0.15, 0.2) is 0 Å². The Kier molecular flexibility index (Phi) is 4.82. The number of amides is 1.